The molecule has 0 saturated heterocycles. The molecular weight excluding hydrogens is 309 g/mol. The van der Waals surface area contributed by atoms with Crippen molar-refractivity contribution in [3.63, 3.8) is 0 Å². The van der Waals surface area contributed by atoms with E-state index in [2.05, 4.69) is 5.32 Å². The van der Waals surface area contributed by atoms with Gasteiger partial charge in [0, 0.05) is 23.9 Å². The number of hydrogen-bond donors (Lipinski definition) is 2. The summed E-state index contributed by atoms with van der Waals surface area (Å²) in [4.78, 5) is 36.2. The molecule has 1 aromatic heterocycles. The fourth-order valence-electron chi connectivity index (χ4n) is 1.83. The summed E-state index contributed by atoms with van der Waals surface area (Å²) in [6.45, 7) is -0.466. The Kier molecular flexibility index (Phi) is 4.79. The first kappa shape index (κ1) is 16.3. The number of ether oxygens (including phenoxy) is 2. The standard InChI is InChI=1S/C14H14FN3O5/c1-22-9-3-8(4-10(5-9)23-2)16-12(19)7-18-6-11(15)13(20)17-14(18)21/h3-6H,7H2,1-2H3,(H,16,19)(H,17,20,21). The Morgan fingerprint density at radius 3 is 2.39 bits per heavy atom. The maximum atomic E-state index is 13.2. The molecular formula is C14H14FN3O5. The van der Waals surface area contributed by atoms with Gasteiger partial charge >= 0.3 is 5.69 Å². The number of carbonyl (C=O) groups excluding carboxylic acids is 1. The molecule has 0 unspecified atom stereocenters. The third-order valence-electron chi connectivity index (χ3n) is 2.92. The lowest BCUT2D eigenvalue weighted by Gasteiger charge is -2.10. The van der Waals surface area contributed by atoms with Crippen LogP contribution in [0.15, 0.2) is 34.0 Å². The van der Waals surface area contributed by atoms with Crippen LogP contribution in [0, 0.1) is 5.82 Å². The fourth-order valence-corrected chi connectivity index (χ4v) is 1.83. The molecule has 0 aliphatic rings. The third-order valence-corrected chi connectivity index (χ3v) is 2.92. The maximum absolute atomic E-state index is 13.2. The van der Waals surface area contributed by atoms with Gasteiger partial charge in [-0.15, -0.1) is 0 Å². The Labute approximate surface area is 129 Å². The normalized spacial score (nSPS) is 10.2. The van der Waals surface area contributed by atoms with Crippen molar-refractivity contribution in [1.82, 2.24) is 9.55 Å². The second-order valence-corrected chi connectivity index (χ2v) is 4.51. The van der Waals surface area contributed by atoms with Gasteiger partial charge in [-0.25, -0.2) is 4.79 Å². The highest BCUT2D eigenvalue weighted by molar-refractivity contribution is 5.91. The highest BCUT2D eigenvalue weighted by Gasteiger charge is 2.10. The fraction of sp³-hybridized carbons (Fsp3) is 0.214. The van der Waals surface area contributed by atoms with E-state index < -0.39 is 29.5 Å². The van der Waals surface area contributed by atoms with Gasteiger partial charge in [-0.05, 0) is 0 Å². The van der Waals surface area contributed by atoms with Gasteiger partial charge in [0.15, 0.2) is 0 Å². The Balaban J connectivity index is 2.18. The number of aromatic amines is 1. The number of methoxy groups -OCH3 is 2. The summed E-state index contributed by atoms with van der Waals surface area (Å²) in [5.41, 5.74) is -1.64. The average molecular weight is 323 g/mol. The highest BCUT2D eigenvalue weighted by Crippen LogP contribution is 2.25. The molecule has 0 bridgehead atoms. The zero-order chi connectivity index (χ0) is 17.0. The van der Waals surface area contributed by atoms with E-state index >= 15 is 0 Å². The van der Waals surface area contributed by atoms with Crippen LogP contribution in [0.2, 0.25) is 0 Å². The van der Waals surface area contributed by atoms with Gasteiger partial charge in [-0.2, -0.15) is 4.39 Å². The van der Waals surface area contributed by atoms with Crippen molar-refractivity contribution < 1.29 is 18.7 Å². The van der Waals surface area contributed by atoms with Crippen molar-refractivity contribution in [2.45, 2.75) is 6.54 Å². The summed E-state index contributed by atoms with van der Waals surface area (Å²) in [6, 6.07) is 4.73. The van der Waals surface area contributed by atoms with E-state index in [1.807, 2.05) is 0 Å². The Morgan fingerprint density at radius 2 is 1.83 bits per heavy atom. The summed E-state index contributed by atoms with van der Waals surface area (Å²) >= 11 is 0. The topological polar surface area (TPSA) is 102 Å². The molecule has 0 fully saturated rings. The number of hydrogen-bond acceptors (Lipinski definition) is 5. The predicted molar refractivity (Wildman–Crippen MR) is 79.5 cm³/mol. The van der Waals surface area contributed by atoms with E-state index in [0.717, 1.165) is 4.57 Å². The zero-order valence-electron chi connectivity index (χ0n) is 12.4. The van der Waals surface area contributed by atoms with Crippen molar-refractivity contribution in [3.05, 3.63) is 51.1 Å². The number of nitrogens with zero attached hydrogens (tertiary/aromatic N) is 1. The number of halogens is 1. The van der Waals surface area contributed by atoms with Gasteiger partial charge < -0.3 is 14.8 Å². The van der Waals surface area contributed by atoms with Gasteiger partial charge in [-0.3, -0.25) is 19.1 Å². The quantitative estimate of drug-likeness (QED) is 0.825. The van der Waals surface area contributed by atoms with Crippen LogP contribution in [0.3, 0.4) is 0 Å². The Morgan fingerprint density at radius 1 is 1.22 bits per heavy atom. The molecule has 0 saturated carbocycles. The molecule has 2 N–H and O–H groups in total. The van der Waals surface area contributed by atoms with Crippen LogP contribution < -0.4 is 26.0 Å². The van der Waals surface area contributed by atoms with Crippen molar-refractivity contribution in [2.75, 3.05) is 19.5 Å². The molecule has 2 aromatic rings. The van der Waals surface area contributed by atoms with E-state index in [-0.39, 0.29) is 0 Å². The molecule has 23 heavy (non-hydrogen) atoms. The Hall–Kier alpha value is -3.10. The van der Waals surface area contributed by atoms with Crippen LogP contribution in [0.4, 0.5) is 10.1 Å². The van der Waals surface area contributed by atoms with Crippen molar-refractivity contribution in [1.29, 1.82) is 0 Å². The summed E-state index contributed by atoms with van der Waals surface area (Å²) in [7, 11) is 2.92. The number of amides is 1. The van der Waals surface area contributed by atoms with Crippen LogP contribution >= 0.6 is 0 Å². The van der Waals surface area contributed by atoms with Gasteiger partial charge in [0.25, 0.3) is 5.56 Å². The number of aromatic nitrogens is 2. The van der Waals surface area contributed by atoms with Gasteiger partial charge in [0.1, 0.15) is 18.0 Å². The van der Waals surface area contributed by atoms with E-state index in [1.54, 1.807) is 23.2 Å². The van der Waals surface area contributed by atoms with Crippen molar-refractivity contribution in [3.8, 4) is 11.5 Å². The number of carbonyl (C=O) groups is 1. The second kappa shape index (κ2) is 6.77. The molecule has 2 rings (SSSR count). The third kappa shape index (κ3) is 3.96. The minimum Gasteiger partial charge on any atom is -0.497 e. The number of anilines is 1. The molecule has 1 amide bonds. The first-order valence-corrected chi connectivity index (χ1v) is 6.45. The number of nitrogens with one attached hydrogen (secondary N) is 2. The largest absolute Gasteiger partial charge is 0.497 e. The molecule has 0 spiro atoms. The second-order valence-electron chi connectivity index (χ2n) is 4.51. The predicted octanol–water partition coefficient (Wildman–Crippen LogP) is 0.332. The van der Waals surface area contributed by atoms with Gasteiger partial charge in [-0.1, -0.05) is 0 Å². The minimum atomic E-state index is -1.15. The van der Waals surface area contributed by atoms with E-state index in [0.29, 0.717) is 23.4 Å². The molecule has 1 aromatic carbocycles. The summed E-state index contributed by atoms with van der Waals surface area (Å²) in [6.07, 6.45) is 0.674. The SMILES string of the molecule is COc1cc(NC(=O)Cn2cc(F)c(=O)[nH]c2=O)cc(OC)c1. The van der Waals surface area contributed by atoms with Crippen molar-refractivity contribution in [2.24, 2.45) is 0 Å². The van der Waals surface area contributed by atoms with Gasteiger partial charge in [0.2, 0.25) is 11.7 Å². The maximum Gasteiger partial charge on any atom is 0.328 e. The Bertz CT molecular complexity index is 821. The van der Waals surface area contributed by atoms with Gasteiger partial charge in [0.05, 0.1) is 20.4 Å². The molecule has 9 heteroatoms. The van der Waals surface area contributed by atoms with Crippen LogP contribution in [0.1, 0.15) is 0 Å². The van der Waals surface area contributed by atoms with Crippen LogP contribution in [-0.2, 0) is 11.3 Å². The first-order valence-electron chi connectivity index (χ1n) is 6.45. The van der Waals surface area contributed by atoms with E-state index in [4.69, 9.17) is 9.47 Å². The number of H-pyrrole nitrogens is 1. The first-order chi connectivity index (χ1) is 10.9. The molecule has 0 aliphatic heterocycles. The smallest absolute Gasteiger partial charge is 0.328 e. The minimum absolute atomic E-state index is 0.379. The van der Waals surface area contributed by atoms with Crippen molar-refractivity contribution >= 4 is 11.6 Å². The zero-order valence-corrected chi connectivity index (χ0v) is 12.4. The average Bonchev–Trinajstić information content (AvgIpc) is 2.52. The monoisotopic (exact) mass is 323 g/mol. The van der Waals surface area contributed by atoms with Crippen LogP contribution in [0.5, 0.6) is 11.5 Å². The lowest BCUT2D eigenvalue weighted by Crippen LogP contribution is -2.34. The highest BCUT2D eigenvalue weighted by atomic mass is 19.1. The number of benzene rings is 1. The summed E-state index contributed by atoms with van der Waals surface area (Å²) in [5, 5.41) is 2.53. The summed E-state index contributed by atoms with van der Waals surface area (Å²) < 4.78 is 24.1. The lowest BCUT2D eigenvalue weighted by molar-refractivity contribution is -0.116. The van der Waals surface area contributed by atoms with E-state index in [9.17, 15) is 18.8 Å². The van der Waals surface area contributed by atoms with E-state index in [1.165, 1.54) is 14.2 Å². The molecule has 0 atom stereocenters. The van der Waals surface area contributed by atoms with Crippen LogP contribution in [0.25, 0.3) is 0 Å². The molecule has 0 radical (unpaired) electrons. The molecule has 0 aliphatic carbocycles. The lowest BCUT2D eigenvalue weighted by atomic mass is 10.2. The molecule has 122 valence electrons. The number of rotatable bonds is 5. The summed E-state index contributed by atoms with van der Waals surface area (Å²) in [5.74, 6) is -0.812. The molecule has 8 nitrogen and oxygen atoms in total. The van der Waals surface area contributed by atoms with Crippen LogP contribution in [-0.4, -0.2) is 29.7 Å². The molecule has 1 heterocycles.